The average molecular weight is 335 g/mol. The van der Waals surface area contributed by atoms with Gasteiger partial charge in [-0.2, -0.15) is 0 Å². The zero-order valence-corrected chi connectivity index (χ0v) is 14.8. The van der Waals surface area contributed by atoms with E-state index in [9.17, 15) is 4.79 Å². The van der Waals surface area contributed by atoms with Gasteiger partial charge in [-0.25, -0.2) is 0 Å². The molecule has 1 aliphatic rings. The highest BCUT2D eigenvalue weighted by Gasteiger charge is 2.16. The molecular weight excluding hydrogens is 306 g/mol. The van der Waals surface area contributed by atoms with Crippen molar-refractivity contribution in [3.05, 3.63) is 29.8 Å². The van der Waals surface area contributed by atoms with Crippen molar-refractivity contribution >= 4 is 5.91 Å². The maximum Gasteiger partial charge on any atom is 0.251 e. The number of carbonyl (C=O) groups excluding carboxylic acids is 1. The molecule has 1 aromatic rings. The molecule has 134 valence electrons. The van der Waals surface area contributed by atoms with Gasteiger partial charge in [-0.15, -0.1) is 0 Å². The molecule has 1 atom stereocenters. The highest BCUT2D eigenvalue weighted by molar-refractivity contribution is 5.94. The number of amides is 1. The van der Waals surface area contributed by atoms with E-state index in [1.165, 1.54) is 0 Å². The summed E-state index contributed by atoms with van der Waals surface area (Å²) in [6.07, 6.45) is 3.12. The average Bonchev–Trinajstić information content (AvgIpc) is 3.09. The first-order chi connectivity index (χ1) is 11.6. The predicted molar refractivity (Wildman–Crippen MR) is 93.5 cm³/mol. The Morgan fingerprint density at radius 1 is 1.42 bits per heavy atom. The molecule has 24 heavy (non-hydrogen) atoms. The standard InChI is InChI=1S/C19H29NO4/c1-15(2)13-22-10-5-9-20-19(21)16-6-3-7-17(12-16)24-14-18-8-4-11-23-18/h3,6-7,12,15,18H,4-5,8-11,13-14H2,1-2H3,(H,20,21). The quantitative estimate of drug-likeness (QED) is 0.668. The molecule has 1 N–H and O–H groups in total. The second-order valence-electron chi connectivity index (χ2n) is 6.55. The Bertz CT molecular complexity index is 498. The summed E-state index contributed by atoms with van der Waals surface area (Å²) in [6, 6.07) is 7.28. The first-order valence-electron chi connectivity index (χ1n) is 8.85. The Labute approximate surface area is 144 Å². The SMILES string of the molecule is CC(C)COCCCNC(=O)c1cccc(OCC2CCCO2)c1. The summed E-state index contributed by atoms with van der Waals surface area (Å²) in [5.74, 6) is 1.16. The molecule has 2 rings (SSSR count). The van der Waals surface area contributed by atoms with Crippen LogP contribution in [0.5, 0.6) is 5.75 Å². The highest BCUT2D eigenvalue weighted by Crippen LogP contribution is 2.17. The number of benzene rings is 1. The summed E-state index contributed by atoms with van der Waals surface area (Å²) < 4.78 is 16.8. The highest BCUT2D eigenvalue weighted by atomic mass is 16.5. The van der Waals surface area contributed by atoms with Gasteiger partial charge in [0, 0.05) is 31.9 Å². The van der Waals surface area contributed by atoms with Gasteiger partial charge in [-0.1, -0.05) is 19.9 Å². The molecule has 1 fully saturated rings. The smallest absolute Gasteiger partial charge is 0.251 e. The summed E-state index contributed by atoms with van der Waals surface area (Å²) in [5, 5.41) is 2.91. The maximum absolute atomic E-state index is 12.2. The monoisotopic (exact) mass is 335 g/mol. The van der Waals surface area contributed by atoms with Gasteiger partial charge in [0.15, 0.2) is 0 Å². The molecule has 1 unspecified atom stereocenters. The van der Waals surface area contributed by atoms with Gasteiger partial charge in [0.2, 0.25) is 0 Å². The van der Waals surface area contributed by atoms with Gasteiger partial charge >= 0.3 is 0 Å². The van der Waals surface area contributed by atoms with Crippen LogP contribution in [0.4, 0.5) is 0 Å². The number of nitrogens with one attached hydrogen (secondary N) is 1. The van der Waals surface area contributed by atoms with Crippen molar-refractivity contribution in [3.63, 3.8) is 0 Å². The summed E-state index contributed by atoms with van der Waals surface area (Å²) in [6.45, 7) is 7.64. The molecule has 0 aromatic heterocycles. The van der Waals surface area contributed by atoms with Crippen LogP contribution in [0.3, 0.4) is 0 Å². The Hall–Kier alpha value is -1.59. The fraction of sp³-hybridized carbons (Fsp3) is 0.632. The zero-order valence-electron chi connectivity index (χ0n) is 14.8. The molecular formula is C19H29NO4. The molecule has 0 bridgehead atoms. The fourth-order valence-corrected chi connectivity index (χ4v) is 2.49. The van der Waals surface area contributed by atoms with E-state index in [1.807, 2.05) is 12.1 Å². The van der Waals surface area contributed by atoms with Crippen molar-refractivity contribution in [1.82, 2.24) is 5.32 Å². The second-order valence-corrected chi connectivity index (χ2v) is 6.55. The third-order valence-corrected chi connectivity index (χ3v) is 3.76. The molecule has 1 heterocycles. The van der Waals surface area contributed by atoms with Crippen LogP contribution in [-0.4, -0.2) is 45.0 Å². The van der Waals surface area contributed by atoms with Crippen molar-refractivity contribution in [2.75, 3.05) is 33.0 Å². The molecule has 0 radical (unpaired) electrons. The van der Waals surface area contributed by atoms with Gasteiger partial charge in [0.1, 0.15) is 12.4 Å². The maximum atomic E-state index is 12.2. The number of hydrogen-bond donors (Lipinski definition) is 1. The van der Waals surface area contributed by atoms with Crippen molar-refractivity contribution in [3.8, 4) is 5.75 Å². The van der Waals surface area contributed by atoms with E-state index in [4.69, 9.17) is 14.2 Å². The number of hydrogen-bond acceptors (Lipinski definition) is 4. The molecule has 5 nitrogen and oxygen atoms in total. The van der Waals surface area contributed by atoms with E-state index in [-0.39, 0.29) is 12.0 Å². The van der Waals surface area contributed by atoms with E-state index in [1.54, 1.807) is 12.1 Å². The normalized spacial score (nSPS) is 17.2. The van der Waals surface area contributed by atoms with E-state index in [2.05, 4.69) is 19.2 Å². The van der Waals surface area contributed by atoms with Crippen molar-refractivity contribution in [1.29, 1.82) is 0 Å². The molecule has 1 aromatic carbocycles. The van der Waals surface area contributed by atoms with Crippen LogP contribution < -0.4 is 10.1 Å². The van der Waals surface area contributed by atoms with Crippen molar-refractivity contribution in [2.24, 2.45) is 5.92 Å². The molecule has 1 aliphatic heterocycles. The van der Waals surface area contributed by atoms with Gasteiger partial charge < -0.3 is 19.5 Å². The Morgan fingerprint density at radius 2 is 2.29 bits per heavy atom. The molecule has 1 amide bonds. The van der Waals surface area contributed by atoms with Crippen LogP contribution in [0.25, 0.3) is 0 Å². The number of ether oxygens (including phenoxy) is 3. The van der Waals surface area contributed by atoms with E-state index >= 15 is 0 Å². The fourth-order valence-electron chi connectivity index (χ4n) is 2.49. The third kappa shape index (κ3) is 6.89. The first kappa shape index (κ1) is 18.7. The van der Waals surface area contributed by atoms with Gasteiger partial charge in [0.25, 0.3) is 5.91 Å². The minimum Gasteiger partial charge on any atom is -0.491 e. The minimum atomic E-state index is -0.0820. The number of rotatable bonds is 10. The second kappa shape index (κ2) is 10.3. The summed E-state index contributed by atoms with van der Waals surface area (Å²) >= 11 is 0. The van der Waals surface area contributed by atoms with Crippen molar-refractivity contribution < 1.29 is 19.0 Å². The lowest BCUT2D eigenvalue weighted by molar-refractivity contribution is 0.0679. The van der Waals surface area contributed by atoms with E-state index in [0.717, 1.165) is 32.5 Å². The number of carbonyl (C=O) groups is 1. The van der Waals surface area contributed by atoms with Crippen LogP contribution in [0.2, 0.25) is 0 Å². The Kier molecular flexibility index (Phi) is 8.05. The zero-order chi connectivity index (χ0) is 17.2. The summed E-state index contributed by atoms with van der Waals surface area (Å²) in [5.41, 5.74) is 0.614. The van der Waals surface area contributed by atoms with E-state index in [0.29, 0.717) is 37.0 Å². The third-order valence-electron chi connectivity index (χ3n) is 3.76. The lowest BCUT2D eigenvalue weighted by atomic mass is 10.2. The molecule has 0 spiro atoms. The van der Waals surface area contributed by atoms with Gasteiger partial charge in [-0.05, 0) is 43.4 Å². The predicted octanol–water partition coefficient (Wildman–Crippen LogP) is 3.04. The molecule has 1 saturated heterocycles. The summed E-state index contributed by atoms with van der Waals surface area (Å²) in [4.78, 5) is 12.2. The minimum absolute atomic E-state index is 0.0820. The molecule has 0 aliphatic carbocycles. The van der Waals surface area contributed by atoms with E-state index < -0.39 is 0 Å². The first-order valence-corrected chi connectivity index (χ1v) is 8.85. The van der Waals surface area contributed by atoms with Crippen LogP contribution in [0.1, 0.15) is 43.5 Å². The van der Waals surface area contributed by atoms with Crippen LogP contribution in [-0.2, 0) is 9.47 Å². The Balaban J connectivity index is 1.68. The van der Waals surface area contributed by atoms with Crippen molar-refractivity contribution in [2.45, 2.75) is 39.2 Å². The molecule has 5 heteroatoms. The van der Waals surface area contributed by atoms with Crippen LogP contribution in [0, 0.1) is 5.92 Å². The topological polar surface area (TPSA) is 56.8 Å². The molecule has 0 saturated carbocycles. The summed E-state index contributed by atoms with van der Waals surface area (Å²) in [7, 11) is 0. The van der Waals surface area contributed by atoms with Gasteiger partial charge in [0.05, 0.1) is 6.10 Å². The Morgan fingerprint density at radius 3 is 3.04 bits per heavy atom. The lowest BCUT2D eigenvalue weighted by Crippen LogP contribution is -2.25. The lowest BCUT2D eigenvalue weighted by Gasteiger charge is -2.12. The van der Waals surface area contributed by atoms with Crippen LogP contribution in [0.15, 0.2) is 24.3 Å². The van der Waals surface area contributed by atoms with Crippen LogP contribution >= 0.6 is 0 Å². The van der Waals surface area contributed by atoms with Gasteiger partial charge in [-0.3, -0.25) is 4.79 Å². The largest absolute Gasteiger partial charge is 0.491 e.